The molecule has 0 spiro atoms. The molecule has 0 amide bonds. The van der Waals surface area contributed by atoms with Crippen molar-refractivity contribution in [3.63, 3.8) is 0 Å². The Morgan fingerprint density at radius 3 is 1.44 bits per heavy atom. The molecule has 0 aliphatic rings. The van der Waals surface area contributed by atoms with Crippen molar-refractivity contribution in [2.75, 3.05) is 13.4 Å². The molecule has 2 atom stereocenters. The van der Waals surface area contributed by atoms with Crippen molar-refractivity contribution in [1.29, 1.82) is 0 Å². The highest BCUT2D eigenvalue weighted by molar-refractivity contribution is 7.86. The maximum absolute atomic E-state index is 11.4. The van der Waals surface area contributed by atoms with Crippen LogP contribution in [0.4, 0.5) is 0 Å². The van der Waals surface area contributed by atoms with Gasteiger partial charge in [0.05, 0.1) is 18.5 Å². The van der Waals surface area contributed by atoms with Gasteiger partial charge in [0.15, 0.2) is 0 Å². The minimum absolute atomic E-state index is 0.155. The number of ether oxygens (including phenoxy) is 1. The van der Waals surface area contributed by atoms with E-state index in [1.807, 2.05) is 0 Å². The molecule has 0 aromatic heterocycles. The molecule has 25 heavy (non-hydrogen) atoms. The van der Waals surface area contributed by atoms with Crippen molar-refractivity contribution in [2.24, 2.45) is 0 Å². The van der Waals surface area contributed by atoms with Crippen LogP contribution in [0.3, 0.4) is 0 Å². The summed E-state index contributed by atoms with van der Waals surface area (Å²) in [5.41, 5.74) is 0. The lowest BCUT2D eigenvalue weighted by atomic mass is 10.0. The number of hydrogen-bond acceptors (Lipinski definition) is 4. The third kappa shape index (κ3) is 17.1. The predicted molar refractivity (Wildman–Crippen MR) is 106 cm³/mol. The van der Waals surface area contributed by atoms with E-state index < -0.39 is 10.1 Å². The number of rotatable bonds is 18. The summed E-state index contributed by atoms with van der Waals surface area (Å²) < 4.78 is 33.8. The Morgan fingerprint density at radius 1 is 0.680 bits per heavy atom. The minimum atomic E-state index is -3.37. The Balaban J connectivity index is 4.03. The molecule has 0 aromatic carbocycles. The molecule has 0 rings (SSSR count). The van der Waals surface area contributed by atoms with E-state index in [1.54, 1.807) is 7.11 Å². The largest absolute Gasteiger partial charge is 0.381 e. The summed E-state index contributed by atoms with van der Waals surface area (Å²) in [4.78, 5) is 0. The van der Waals surface area contributed by atoms with Crippen LogP contribution in [0.2, 0.25) is 0 Å². The van der Waals surface area contributed by atoms with Gasteiger partial charge in [-0.05, 0) is 25.7 Å². The average Bonchev–Trinajstić information content (AvgIpc) is 2.55. The first kappa shape index (κ1) is 24.9. The topological polar surface area (TPSA) is 52.6 Å². The number of methoxy groups -OCH3 is 1. The van der Waals surface area contributed by atoms with Gasteiger partial charge in [-0.15, -0.1) is 0 Å². The van der Waals surface area contributed by atoms with Crippen LogP contribution in [0.15, 0.2) is 0 Å². The monoisotopic (exact) mass is 378 g/mol. The van der Waals surface area contributed by atoms with E-state index >= 15 is 0 Å². The first-order valence-corrected chi connectivity index (χ1v) is 12.2. The smallest absolute Gasteiger partial charge is 0.264 e. The lowest BCUT2D eigenvalue weighted by Gasteiger charge is -2.18. The van der Waals surface area contributed by atoms with E-state index in [2.05, 4.69) is 13.8 Å². The average molecular weight is 379 g/mol. The fourth-order valence-electron chi connectivity index (χ4n) is 3.21. The molecule has 0 saturated carbocycles. The van der Waals surface area contributed by atoms with Crippen molar-refractivity contribution in [1.82, 2.24) is 0 Å². The van der Waals surface area contributed by atoms with Gasteiger partial charge in [0.1, 0.15) is 0 Å². The van der Waals surface area contributed by atoms with Gasteiger partial charge in [0.25, 0.3) is 10.1 Å². The summed E-state index contributed by atoms with van der Waals surface area (Å²) in [5.74, 6) is 0. The second-order valence-corrected chi connectivity index (χ2v) is 8.86. The molecule has 5 heteroatoms. The number of hydrogen-bond donors (Lipinski definition) is 0. The molecule has 0 aliphatic heterocycles. The standard InChI is InChI=1S/C20H42O4S/c1-5-7-9-11-15-19(23-3)16-13-14-18-20(24-25(4,21)22)17-12-10-8-6-2/h19-20H,5-18H2,1-4H3. The fourth-order valence-corrected chi connectivity index (χ4v) is 3.90. The molecular formula is C20H42O4S. The van der Waals surface area contributed by atoms with Gasteiger partial charge in [-0.2, -0.15) is 8.42 Å². The molecule has 152 valence electrons. The Morgan fingerprint density at radius 2 is 1.08 bits per heavy atom. The van der Waals surface area contributed by atoms with Crippen molar-refractivity contribution in [2.45, 2.75) is 116 Å². The lowest BCUT2D eigenvalue weighted by molar-refractivity contribution is 0.0818. The molecule has 0 fully saturated rings. The van der Waals surface area contributed by atoms with Crippen LogP contribution in [0.5, 0.6) is 0 Å². The Labute approximate surface area is 157 Å². The van der Waals surface area contributed by atoms with Crippen molar-refractivity contribution in [3.8, 4) is 0 Å². The van der Waals surface area contributed by atoms with Crippen LogP contribution in [0.1, 0.15) is 104 Å². The van der Waals surface area contributed by atoms with Gasteiger partial charge in [-0.25, -0.2) is 0 Å². The van der Waals surface area contributed by atoms with E-state index in [1.165, 1.54) is 38.5 Å². The second-order valence-electron chi connectivity index (χ2n) is 7.26. The summed E-state index contributed by atoms with van der Waals surface area (Å²) in [7, 11) is -1.57. The zero-order valence-electron chi connectivity index (χ0n) is 17.1. The summed E-state index contributed by atoms with van der Waals surface area (Å²) in [5, 5.41) is 0. The normalized spacial score (nSPS) is 14.6. The Bertz CT molecular complexity index is 381. The molecule has 0 radical (unpaired) electrons. The van der Waals surface area contributed by atoms with Crippen molar-refractivity contribution < 1.29 is 17.3 Å². The highest BCUT2D eigenvalue weighted by Gasteiger charge is 2.15. The molecule has 4 nitrogen and oxygen atoms in total. The predicted octanol–water partition coefficient (Wildman–Crippen LogP) is 5.85. The molecule has 0 saturated heterocycles. The minimum Gasteiger partial charge on any atom is -0.381 e. The van der Waals surface area contributed by atoms with Crippen LogP contribution in [0.25, 0.3) is 0 Å². The maximum atomic E-state index is 11.4. The summed E-state index contributed by atoms with van der Waals surface area (Å²) in [6.45, 7) is 4.41. The number of unbranched alkanes of at least 4 members (excludes halogenated alkanes) is 7. The van der Waals surface area contributed by atoms with Gasteiger partial charge >= 0.3 is 0 Å². The second kappa shape index (κ2) is 16.1. The van der Waals surface area contributed by atoms with Crippen LogP contribution < -0.4 is 0 Å². The van der Waals surface area contributed by atoms with E-state index in [4.69, 9.17) is 8.92 Å². The molecule has 0 heterocycles. The highest BCUT2D eigenvalue weighted by Crippen LogP contribution is 2.19. The van der Waals surface area contributed by atoms with Gasteiger partial charge in [-0.3, -0.25) is 4.18 Å². The molecule has 0 aromatic rings. The van der Waals surface area contributed by atoms with Crippen LogP contribution in [0, 0.1) is 0 Å². The van der Waals surface area contributed by atoms with Gasteiger partial charge < -0.3 is 4.74 Å². The molecule has 0 bridgehead atoms. The zero-order valence-corrected chi connectivity index (χ0v) is 17.9. The highest BCUT2D eigenvalue weighted by atomic mass is 32.2. The van der Waals surface area contributed by atoms with E-state index in [0.29, 0.717) is 6.10 Å². The van der Waals surface area contributed by atoms with Gasteiger partial charge in [0.2, 0.25) is 0 Å². The SMILES string of the molecule is CCCCCCC(CCCCC(CCCCCC)OS(C)(=O)=O)OC. The van der Waals surface area contributed by atoms with Crippen LogP contribution in [-0.2, 0) is 19.0 Å². The van der Waals surface area contributed by atoms with Crippen molar-refractivity contribution in [3.05, 3.63) is 0 Å². The quantitative estimate of drug-likeness (QED) is 0.222. The molecule has 0 aliphatic carbocycles. The first-order chi connectivity index (χ1) is 11.9. The third-order valence-electron chi connectivity index (χ3n) is 4.71. The zero-order chi connectivity index (χ0) is 19.0. The van der Waals surface area contributed by atoms with Gasteiger partial charge in [0, 0.05) is 7.11 Å². The van der Waals surface area contributed by atoms with E-state index in [-0.39, 0.29) is 6.10 Å². The van der Waals surface area contributed by atoms with Crippen LogP contribution >= 0.6 is 0 Å². The van der Waals surface area contributed by atoms with Crippen LogP contribution in [-0.4, -0.2) is 34.0 Å². The lowest BCUT2D eigenvalue weighted by Crippen LogP contribution is -2.18. The third-order valence-corrected chi connectivity index (χ3v) is 5.33. The Hall–Kier alpha value is -0.130. The van der Waals surface area contributed by atoms with Crippen molar-refractivity contribution >= 4 is 10.1 Å². The van der Waals surface area contributed by atoms with Gasteiger partial charge in [-0.1, -0.05) is 78.1 Å². The maximum Gasteiger partial charge on any atom is 0.264 e. The summed E-state index contributed by atoms with van der Waals surface area (Å²) in [6, 6.07) is 0. The van der Waals surface area contributed by atoms with E-state index in [9.17, 15) is 8.42 Å². The molecule has 2 unspecified atom stereocenters. The fraction of sp³-hybridized carbons (Fsp3) is 1.00. The summed E-state index contributed by atoms with van der Waals surface area (Å²) >= 11 is 0. The Kier molecular flexibility index (Phi) is 16.0. The van der Waals surface area contributed by atoms with E-state index in [0.717, 1.165) is 57.6 Å². The molecular weight excluding hydrogens is 336 g/mol. The summed E-state index contributed by atoms with van der Waals surface area (Å²) in [6.07, 6.45) is 17.0. The molecule has 0 N–H and O–H groups in total. The first-order valence-electron chi connectivity index (χ1n) is 10.3.